The number of ether oxygens (including phenoxy) is 1. The Kier molecular flexibility index (Phi) is 5.78. The summed E-state index contributed by atoms with van der Waals surface area (Å²) < 4.78 is 18.9. The van der Waals surface area contributed by atoms with Crippen LogP contribution in [-0.2, 0) is 0 Å². The van der Waals surface area contributed by atoms with Gasteiger partial charge < -0.3 is 10.1 Å². The predicted octanol–water partition coefficient (Wildman–Crippen LogP) is 3.24. The molecule has 0 aliphatic heterocycles. The quantitative estimate of drug-likeness (QED) is 0.845. The van der Waals surface area contributed by atoms with Gasteiger partial charge >= 0.3 is 0 Å². The van der Waals surface area contributed by atoms with Crippen LogP contribution < -0.4 is 10.1 Å². The highest BCUT2D eigenvalue weighted by Crippen LogP contribution is 2.25. The molecule has 1 atom stereocenters. The maximum absolute atomic E-state index is 13.9. The van der Waals surface area contributed by atoms with E-state index in [0.717, 1.165) is 5.75 Å². The molecule has 0 fully saturated rings. The van der Waals surface area contributed by atoms with Crippen LogP contribution in [0.5, 0.6) is 5.75 Å². The first-order chi connectivity index (χ1) is 8.08. The van der Waals surface area contributed by atoms with Crippen LogP contribution in [-0.4, -0.2) is 25.2 Å². The number of rotatable bonds is 6. The fraction of sp³-hybridized carbons (Fsp3) is 0.538. The van der Waals surface area contributed by atoms with Gasteiger partial charge in [-0.3, -0.25) is 0 Å². The van der Waals surface area contributed by atoms with Gasteiger partial charge in [-0.05, 0) is 18.4 Å². The van der Waals surface area contributed by atoms with E-state index in [1.165, 1.54) is 6.07 Å². The first kappa shape index (κ1) is 14.3. The third kappa shape index (κ3) is 4.21. The third-order valence-electron chi connectivity index (χ3n) is 2.53. The minimum atomic E-state index is -0.215. The largest absolute Gasteiger partial charge is 0.497 e. The average molecular weight is 257 g/mol. The smallest absolute Gasteiger partial charge is 0.131 e. The van der Waals surface area contributed by atoms with E-state index >= 15 is 0 Å². The molecule has 0 saturated carbocycles. The molecule has 96 valence electrons. The van der Waals surface area contributed by atoms with Crippen molar-refractivity contribution in [1.29, 1.82) is 0 Å². The van der Waals surface area contributed by atoms with Crippen molar-refractivity contribution in [3.63, 3.8) is 0 Å². The SMILES string of the molecule is CNC(CSC(C)C)c1ccc(OC)cc1F. The van der Waals surface area contributed by atoms with Crippen molar-refractivity contribution in [2.45, 2.75) is 25.1 Å². The zero-order valence-corrected chi connectivity index (χ0v) is 11.6. The molecule has 0 radical (unpaired) electrons. The highest BCUT2D eigenvalue weighted by Gasteiger charge is 2.15. The van der Waals surface area contributed by atoms with Gasteiger partial charge in [0.15, 0.2) is 0 Å². The van der Waals surface area contributed by atoms with Crippen LogP contribution >= 0.6 is 11.8 Å². The van der Waals surface area contributed by atoms with E-state index in [4.69, 9.17) is 4.74 Å². The summed E-state index contributed by atoms with van der Waals surface area (Å²) in [6, 6.07) is 5.05. The van der Waals surface area contributed by atoms with E-state index in [1.54, 1.807) is 19.2 Å². The van der Waals surface area contributed by atoms with Gasteiger partial charge in [0.1, 0.15) is 11.6 Å². The molecule has 0 aliphatic carbocycles. The van der Waals surface area contributed by atoms with Gasteiger partial charge in [0, 0.05) is 23.4 Å². The number of hydrogen-bond donors (Lipinski definition) is 1. The van der Waals surface area contributed by atoms with Crippen molar-refractivity contribution < 1.29 is 9.13 Å². The molecule has 1 rings (SSSR count). The van der Waals surface area contributed by atoms with Crippen molar-refractivity contribution in [2.24, 2.45) is 0 Å². The molecule has 0 heterocycles. The second-order valence-electron chi connectivity index (χ2n) is 4.11. The minimum absolute atomic E-state index is 0.0355. The van der Waals surface area contributed by atoms with Crippen molar-refractivity contribution in [3.8, 4) is 5.75 Å². The van der Waals surface area contributed by atoms with Crippen LogP contribution in [0.4, 0.5) is 4.39 Å². The van der Waals surface area contributed by atoms with Gasteiger partial charge in [0.25, 0.3) is 0 Å². The number of benzene rings is 1. The topological polar surface area (TPSA) is 21.3 Å². The van der Waals surface area contributed by atoms with E-state index in [0.29, 0.717) is 16.6 Å². The Bertz CT molecular complexity index is 357. The van der Waals surface area contributed by atoms with E-state index in [1.807, 2.05) is 18.8 Å². The number of nitrogens with one attached hydrogen (secondary N) is 1. The standard InChI is InChI=1S/C13H20FNOS/c1-9(2)17-8-13(15-3)11-6-5-10(16-4)7-12(11)14/h5-7,9,13,15H,8H2,1-4H3. The molecular weight excluding hydrogens is 237 g/mol. The van der Waals surface area contributed by atoms with E-state index in [-0.39, 0.29) is 11.9 Å². The molecule has 0 amide bonds. The zero-order chi connectivity index (χ0) is 12.8. The summed E-state index contributed by atoms with van der Waals surface area (Å²) in [6.07, 6.45) is 0. The fourth-order valence-electron chi connectivity index (χ4n) is 1.53. The Morgan fingerprint density at radius 2 is 2.12 bits per heavy atom. The second-order valence-corrected chi connectivity index (χ2v) is 5.72. The zero-order valence-electron chi connectivity index (χ0n) is 10.8. The van der Waals surface area contributed by atoms with Gasteiger partial charge in [-0.25, -0.2) is 4.39 Å². The number of methoxy groups -OCH3 is 1. The first-order valence-corrected chi connectivity index (χ1v) is 6.75. The van der Waals surface area contributed by atoms with Crippen molar-refractivity contribution in [2.75, 3.05) is 19.9 Å². The van der Waals surface area contributed by atoms with Gasteiger partial charge in [-0.15, -0.1) is 0 Å². The Balaban J connectivity index is 2.80. The van der Waals surface area contributed by atoms with Gasteiger partial charge in [-0.1, -0.05) is 19.9 Å². The lowest BCUT2D eigenvalue weighted by molar-refractivity contribution is 0.410. The minimum Gasteiger partial charge on any atom is -0.497 e. The Morgan fingerprint density at radius 1 is 1.41 bits per heavy atom. The van der Waals surface area contributed by atoms with Crippen molar-refractivity contribution in [3.05, 3.63) is 29.6 Å². The summed E-state index contributed by atoms with van der Waals surface area (Å²) in [4.78, 5) is 0. The van der Waals surface area contributed by atoms with Gasteiger partial charge in [0.2, 0.25) is 0 Å². The van der Waals surface area contributed by atoms with Crippen LogP contribution in [0.15, 0.2) is 18.2 Å². The summed E-state index contributed by atoms with van der Waals surface area (Å²) in [7, 11) is 3.40. The second kappa shape index (κ2) is 6.87. The molecule has 1 N–H and O–H groups in total. The number of thioether (sulfide) groups is 1. The molecule has 0 bridgehead atoms. The van der Waals surface area contributed by atoms with Crippen LogP contribution in [0, 0.1) is 5.82 Å². The summed E-state index contributed by atoms with van der Waals surface area (Å²) in [5, 5.41) is 3.70. The monoisotopic (exact) mass is 257 g/mol. The fourth-order valence-corrected chi connectivity index (χ4v) is 2.46. The molecule has 0 aliphatic rings. The highest BCUT2D eigenvalue weighted by atomic mass is 32.2. The lowest BCUT2D eigenvalue weighted by Crippen LogP contribution is -2.20. The van der Waals surface area contributed by atoms with Crippen LogP contribution in [0.2, 0.25) is 0 Å². The van der Waals surface area contributed by atoms with Crippen LogP contribution in [0.1, 0.15) is 25.5 Å². The predicted molar refractivity (Wildman–Crippen MR) is 72.3 cm³/mol. The molecule has 1 aromatic rings. The van der Waals surface area contributed by atoms with E-state index in [9.17, 15) is 4.39 Å². The molecule has 1 unspecified atom stereocenters. The maximum atomic E-state index is 13.9. The third-order valence-corrected chi connectivity index (χ3v) is 3.72. The average Bonchev–Trinajstić information content (AvgIpc) is 2.31. The van der Waals surface area contributed by atoms with E-state index < -0.39 is 0 Å². The van der Waals surface area contributed by atoms with Crippen molar-refractivity contribution in [1.82, 2.24) is 5.32 Å². The maximum Gasteiger partial charge on any atom is 0.131 e. The molecule has 0 saturated heterocycles. The lowest BCUT2D eigenvalue weighted by Gasteiger charge is -2.18. The first-order valence-electron chi connectivity index (χ1n) is 5.70. The molecule has 0 spiro atoms. The summed E-state index contributed by atoms with van der Waals surface area (Å²) >= 11 is 1.82. The molecular formula is C13H20FNOS. The molecule has 2 nitrogen and oxygen atoms in total. The highest BCUT2D eigenvalue weighted by molar-refractivity contribution is 7.99. The Hall–Kier alpha value is -0.740. The van der Waals surface area contributed by atoms with Gasteiger partial charge in [-0.2, -0.15) is 11.8 Å². The number of halogens is 1. The molecule has 1 aromatic carbocycles. The summed E-state index contributed by atoms with van der Waals surface area (Å²) in [5.41, 5.74) is 0.696. The number of hydrogen-bond acceptors (Lipinski definition) is 3. The Morgan fingerprint density at radius 3 is 2.59 bits per heavy atom. The van der Waals surface area contributed by atoms with Crippen LogP contribution in [0.25, 0.3) is 0 Å². The molecule has 0 aromatic heterocycles. The normalized spacial score (nSPS) is 12.8. The summed E-state index contributed by atoms with van der Waals surface area (Å²) in [5.74, 6) is 1.20. The molecule has 4 heteroatoms. The van der Waals surface area contributed by atoms with E-state index in [2.05, 4.69) is 19.2 Å². The molecule has 17 heavy (non-hydrogen) atoms. The van der Waals surface area contributed by atoms with Crippen molar-refractivity contribution >= 4 is 11.8 Å². The lowest BCUT2D eigenvalue weighted by atomic mass is 10.1. The Labute approximate surface area is 107 Å². The summed E-state index contributed by atoms with van der Waals surface area (Å²) in [6.45, 7) is 4.28. The van der Waals surface area contributed by atoms with Crippen LogP contribution in [0.3, 0.4) is 0 Å². The van der Waals surface area contributed by atoms with Gasteiger partial charge in [0.05, 0.1) is 7.11 Å².